The Morgan fingerprint density at radius 3 is 1.91 bits per heavy atom. The third-order valence-electron chi connectivity index (χ3n) is 11.9. The Labute approximate surface area is 334 Å². The Morgan fingerprint density at radius 1 is 0.707 bits per heavy atom. The third-order valence-corrected chi connectivity index (χ3v) is 11.9. The summed E-state index contributed by atoms with van der Waals surface area (Å²) < 4.78 is 9.58. The molecule has 0 radical (unpaired) electrons. The van der Waals surface area contributed by atoms with E-state index in [0.29, 0.717) is 24.4 Å². The topological polar surface area (TPSA) is 175 Å². The maximum absolute atomic E-state index is 14.0. The van der Waals surface area contributed by atoms with Gasteiger partial charge in [0.1, 0.15) is 23.7 Å². The van der Waals surface area contributed by atoms with Crippen LogP contribution in [0.5, 0.6) is 0 Å². The number of rotatable bonds is 8. The molecule has 5 heterocycles. The predicted molar refractivity (Wildman–Crippen MR) is 216 cm³/mol. The first-order chi connectivity index (χ1) is 28.3. The fraction of sp³-hybridized carbons (Fsp3) is 0.318. The normalized spacial score (nSPS) is 20.9. The number of hydrogen-bond donors (Lipinski definition) is 4. The lowest BCUT2D eigenvalue weighted by Gasteiger charge is -2.37. The van der Waals surface area contributed by atoms with Gasteiger partial charge in [-0.15, -0.1) is 0 Å². The SMILES string of the molecule is COC(=O)N[C@H]1CC[C@H]2CC[C@@H](c3nc4ccc(-c5ccc(-c6ccc7nc([C@@H]8CCCN8C(=O)[C@H](NC(=O)OC)c8ccccc8)[nH]c7c6)cc5)cc4[nH]3)N2C1=O. The van der Waals surface area contributed by atoms with E-state index in [0.717, 1.165) is 82.2 Å². The molecule has 0 unspecified atom stereocenters. The van der Waals surface area contributed by atoms with Gasteiger partial charge in [-0.3, -0.25) is 9.59 Å². The van der Waals surface area contributed by atoms with Crippen LogP contribution in [0.4, 0.5) is 9.59 Å². The second kappa shape index (κ2) is 15.3. The van der Waals surface area contributed by atoms with Gasteiger partial charge in [0.15, 0.2) is 0 Å². The number of methoxy groups -OCH3 is 2. The molecule has 2 aromatic heterocycles. The number of aromatic amines is 2. The number of hydrogen-bond acceptors (Lipinski definition) is 8. The predicted octanol–water partition coefficient (Wildman–Crippen LogP) is 7.08. The number of aromatic nitrogens is 4. The highest BCUT2D eigenvalue weighted by atomic mass is 16.5. The van der Waals surface area contributed by atoms with Crippen molar-refractivity contribution in [2.75, 3.05) is 20.8 Å². The maximum Gasteiger partial charge on any atom is 0.407 e. The minimum Gasteiger partial charge on any atom is -0.453 e. The molecule has 4 amide bonds. The van der Waals surface area contributed by atoms with Gasteiger partial charge in [0, 0.05) is 12.6 Å². The van der Waals surface area contributed by atoms with E-state index < -0.39 is 24.3 Å². The number of fused-ring (bicyclic) bond motifs is 3. The number of amides is 4. The number of H-pyrrole nitrogens is 2. The summed E-state index contributed by atoms with van der Waals surface area (Å²) in [4.78, 5) is 72.1. The van der Waals surface area contributed by atoms with Gasteiger partial charge in [-0.2, -0.15) is 0 Å². The third kappa shape index (κ3) is 6.88. The van der Waals surface area contributed by atoms with Crippen LogP contribution < -0.4 is 10.6 Å². The molecule has 3 aliphatic heterocycles. The number of imidazole rings is 2. The number of alkyl carbamates (subject to hydrolysis) is 2. The molecule has 4 aromatic carbocycles. The first-order valence-electron chi connectivity index (χ1n) is 19.7. The highest BCUT2D eigenvalue weighted by molar-refractivity contribution is 5.89. The lowest BCUT2D eigenvalue weighted by molar-refractivity contribution is -0.139. The Kier molecular flexibility index (Phi) is 9.76. The second-order valence-electron chi connectivity index (χ2n) is 15.2. The van der Waals surface area contributed by atoms with Gasteiger partial charge in [-0.05, 0) is 90.6 Å². The standard InChI is InChI=1S/C44H44N8O6/c1-57-43(55)49-33-20-16-30-17-21-37(52(30)41(33)53)40-46-32-19-15-29(24-35(32)48-40)26-12-10-25(11-13-26)28-14-18-31-34(23-28)47-39(45-31)36-9-6-22-51(36)42(54)38(50-44(56)58-2)27-7-4-3-5-8-27/h3-5,7-8,10-15,18-19,23-24,30,33,36-38H,6,9,16-17,20-22H2,1-2H3,(H,45,47)(H,46,48)(H,49,55)(H,50,56)/t30-,33-,36-,37-,38+/m0/s1. The van der Waals surface area contributed by atoms with Crippen LogP contribution in [0.1, 0.15) is 73.9 Å². The molecule has 3 saturated heterocycles. The molecule has 6 aromatic rings. The summed E-state index contributed by atoms with van der Waals surface area (Å²) in [7, 11) is 2.58. The summed E-state index contributed by atoms with van der Waals surface area (Å²) in [6.07, 6.45) is 3.43. The minimum absolute atomic E-state index is 0.0893. The van der Waals surface area contributed by atoms with E-state index in [1.807, 2.05) is 47.4 Å². The van der Waals surface area contributed by atoms with Crippen molar-refractivity contribution in [1.82, 2.24) is 40.4 Å². The van der Waals surface area contributed by atoms with E-state index in [9.17, 15) is 19.2 Å². The zero-order chi connectivity index (χ0) is 39.9. The van der Waals surface area contributed by atoms with Gasteiger partial charge in [0.25, 0.3) is 5.91 Å². The van der Waals surface area contributed by atoms with Crippen LogP contribution in [0.2, 0.25) is 0 Å². The average molecular weight is 781 g/mol. The largest absolute Gasteiger partial charge is 0.453 e. The molecule has 0 spiro atoms. The van der Waals surface area contributed by atoms with Crippen LogP contribution >= 0.6 is 0 Å². The van der Waals surface area contributed by atoms with E-state index in [1.165, 1.54) is 14.2 Å². The van der Waals surface area contributed by atoms with E-state index in [4.69, 9.17) is 19.4 Å². The molecule has 14 heteroatoms. The molecule has 0 aliphatic carbocycles. The monoisotopic (exact) mass is 780 g/mol. The number of ether oxygens (including phenoxy) is 2. The summed E-state index contributed by atoms with van der Waals surface area (Å²) in [6, 6.07) is 28.1. The van der Waals surface area contributed by atoms with Gasteiger partial charge < -0.3 is 39.9 Å². The molecular weight excluding hydrogens is 737 g/mol. The smallest absolute Gasteiger partial charge is 0.407 e. The van der Waals surface area contributed by atoms with Crippen molar-refractivity contribution < 1.29 is 28.7 Å². The van der Waals surface area contributed by atoms with Gasteiger partial charge in [0.05, 0.1) is 48.4 Å². The van der Waals surface area contributed by atoms with Crippen LogP contribution in [-0.2, 0) is 19.1 Å². The summed E-state index contributed by atoms with van der Waals surface area (Å²) in [5, 5.41) is 5.42. The van der Waals surface area contributed by atoms with Crippen molar-refractivity contribution in [3.05, 3.63) is 108 Å². The maximum atomic E-state index is 14.0. The summed E-state index contributed by atoms with van der Waals surface area (Å²) >= 11 is 0. The quantitative estimate of drug-likeness (QED) is 0.127. The number of likely N-dealkylation sites (tertiary alicyclic amines) is 1. The molecule has 0 saturated carbocycles. The number of carbonyl (C=O) groups is 4. The van der Waals surface area contributed by atoms with Crippen molar-refractivity contribution >= 4 is 46.1 Å². The number of carbonyl (C=O) groups excluding carboxylic acids is 4. The van der Waals surface area contributed by atoms with E-state index in [2.05, 4.69) is 69.1 Å². The van der Waals surface area contributed by atoms with Gasteiger partial charge >= 0.3 is 12.2 Å². The summed E-state index contributed by atoms with van der Waals surface area (Å²) in [6.45, 7) is 0.553. The fourth-order valence-corrected chi connectivity index (χ4v) is 8.94. The molecule has 14 nitrogen and oxygen atoms in total. The summed E-state index contributed by atoms with van der Waals surface area (Å²) in [5.41, 5.74) is 8.26. The van der Waals surface area contributed by atoms with Crippen LogP contribution in [0.25, 0.3) is 44.3 Å². The number of nitrogens with zero attached hydrogens (tertiary/aromatic N) is 4. The fourth-order valence-electron chi connectivity index (χ4n) is 8.94. The van der Waals surface area contributed by atoms with Crippen molar-refractivity contribution in [3.63, 3.8) is 0 Å². The molecule has 3 fully saturated rings. The lowest BCUT2D eigenvalue weighted by Crippen LogP contribution is -2.54. The van der Waals surface area contributed by atoms with Crippen LogP contribution in [0, 0.1) is 0 Å². The van der Waals surface area contributed by atoms with Crippen LogP contribution in [0.3, 0.4) is 0 Å². The molecule has 9 rings (SSSR count). The van der Waals surface area contributed by atoms with Crippen molar-refractivity contribution in [2.24, 2.45) is 0 Å². The molecule has 4 N–H and O–H groups in total. The van der Waals surface area contributed by atoms with E-state index in [1.54, 1.807) is 4.90 Å². The molecule has 58 heavy (non-hydrogen) atoms. The van der Waals surface area contributed by atoms with Crippen molar-refractivity contribution in [2.45, 2.75) is 68.7 Å². The molecule has 3 aliphatic rings. The molecule has 0 bridgehead atoms. The van der Waals surface area contributed by atoms with Crippen LogP contribution in [0.15, 0.2) is 91.0 Å². The first kappa shape index (κ1) is 36.9. The second-order valence-corrected chi connectivity index (χ2v) is 15.2. The number of nitrogens with one attached hydrogen (secondary N) is 4. The van der Waals surface area contributed by atoms with Crippen LogP contribution in [-0.4, -0.2) is 86.6 Å². The first-order valence-corrected chi connectivity index (χ1v) is 19.7. The van der Waals surface area contributed by atoms with E-state index >= 15 is 0 Å². The molecule has 296 valence electrons. The zero-order valence-corrected chi connectivity index (χ0v) is 32.2. The zero-order valence-electron chi connectivity index (χ0n) is 32.2. The Balaban J connectivity index is 0.911. The summed E-state index contributed by atoms with van der Waals surface area (Å²) in [5.74, 6) is 1.17. The van der Waals surface area contributed by atoms with Gasteiger partial charge in [-0.25, -0.2) is 19.6 Å². The number of benzene rings is 4. The Bertz CT molecular complexity index is 2520. The van der Waals surface area contributed by atoms with E-state index in [-0.39, 0.29) is 29.9 Å². The molecular formula is C44H44N8O6. The average Bonchev–Trinajstić information content (AvgIpc) is 4.08. The lowest BCUT2D eigenvalue weighted by atomic mass is 9.98. The Hall–Kier alpha value is -6.70. The van der Waals surface area contributed by atoms with Crippen molar-refractivity contribution in [3.8, 4) is 22.3 Å². The minimum atomic E-state index is -0.883. The van der Waals surface area contributed by atoms with Gasteiger partial charge in [-0.1, -0.05) is 66.7 Å². The molecule has 5 atom stereocenters. The van der Waals surface area contributed by atoms with Crippen molar-refractivity contribution in [1.29, 1.82) is 0 Å². The Morgan fingerprint density at radius 2 is 1.29 bits per heavy atom. The number of piperidine rings is 1. The highest BCUT2D eigenvalue weighted by Crippen LogP contribution is 2.41. The van der Waals surface area contributed by atoms with Gasteiger partial charge in [0.2, 0.25) is 5.91 Å². The highest BCUT2D eigenvalue weighted by Gasteiger charge is 2.45.